The van der Waals surface area contributed by atoms with Crippen LogP contribution < -0.4 is 20.1 Å². The van der Waals surface area contributed by atoms with E-state index < -0.39 is 22.0 Å². The first-order valence-corrected chi connectivity index (χ1v) is 12.8. The van der Waals surface area contributed by atoms with E-state index in [9.17, 15) is 22.8 Å². The first-order chi connectivity index (χ1) is 17.3. The molecule has 3 N–H and O–H groups in total. The number of ether oxygens (including phenoxy) is 3. The SMILES string of the molecule is CCOCCCNC(=O)c1ccc(S(=O)(=O)NC(=O)c2ccc(OC(=O)NCCOCC)nc2)cc1. The van der Waals surface area contributed by atoms with E-state index in [1.165, 1.54) is 36.4 Å². The minimum absolute atomic E-state index is 0.0641. The van der Waals surface area contributed by atoms with Gasteiger partial charge in [-0.2, -0.15) is 0 Å². The van der Waals surface area contributed by atoms with Crippen LogP contribution in [-0.4, -0.2) is 70.8 Å². The summed E-state index contributed by atoms with van der Waals surface area (Å²) in [5.41, 5.74) is 0.212. The van der Waals surface area contributed by atoms with E-state index in [-0.39, 0.29) is 34.4 Å². The van der Waals surface area contributed by atoms with Crippen LogP contribution in [0.2, 0.25) is 0 Å². The molecule has 1 aromatic carbocycles. The summed E-state index contributed by atoms with van der Waals surface area (Å²) in [5.74, 6) is -1.35. The molecular formula is C23H30N4O8S. The third-order valence-electron chi connectivity index (χ3n) is 4.52. The second kappa shape index (κ2) is 14.8. The standard InChI is InChI=1S/C23H30N4O8S/c1-3-33-14-5-12-24-21(28)17-6-9-19(10-7-17)36(31,32)27-22(29)18-8-11-20(26-16-18)35-23(30)25-13-15-34-4-2/h6-11,16H,3-5,12-15H2,1-2H3,(H,24,28)(H,25,30)(H,27,29). The Kier molecular flexibility index (Phi) is 11.8. The van der Waals surface area contributed by atoms with Crippen LogP contribution >= 0.6 is 0 Å². The predicted molar refractivity (Wildman–Crippen MR) is 129 cm³/mol. The van der Waals surface area contributed by atoms with Crippen molar-refractivity contribution < 1.29 is 37.0 Å². The lowest BCUT2D eigenvalue weighted by Gasteiger charge is -2.09. The molecule has 0 radical (unpaired) electrons. The Balaban J connectivity index is 1.89. The van der Waals surface area contributed by atoms with Gasteiger partial charge < -0.3 is 24.8 Å². The normalized spacial score (nSPS) is 10.9. The molecule has 196 valence electrons. The fraction of sp³-hybridized carbons (Fsp3) is 0.391. The third kappa shape index (κ3) is 9.60. The van der Waals surface area contributed by atoms with Crippen molar-refractivity contribution in [1.29, 1.82) is 0 Å². The molecule has 0 saturated carbocycles. The zero-order chi connectivity index (χ0) is 26.4. The average molecular weight is 523 g/mol. The maximum absolute atomic E-state index is 12.6. The highest BCUT2D eigenvalue weighted by atomic mass is 32.2. The molecule has 2 rings (SSSR count). The van der Waals surface area contributed by atoms with Crippen molar-refractivity contribution in [3.63, 3.8) is 0 Å². The van der Waals surface area contributed by atoms with Gasteiger partial charge in [-0.1, -0.05) is 0 Å². The second-order valence-corrected chi connectivity index (χ2v) is 8.85. The van der Waals surface area contributed by atoms with Crippen LogP contribution in [0.25, 0.3) is 0 Å². The van der Waals surface area contributed by atoms with Crippen LogP contribution in [0.4, 0.5) is 4.79 Å². The Labute approximate surface area is 209 Å². The highest BCUT2D eigenvalue weighted by molar-refractivity contribution is 7.90. The molecule has 0 spiro atoms. The summed E-state index contributed by atoms with van der Waals surface area (Å²) in [4.78, 5) is 39.9. The van der Waals surface area contributed by atoms with Gasteiger partial charge in [0.15, 0.2) is 0 Å². The average Bonchev–Trinajstić information content (AvgIpc) is 2.86. The summed E-state index contributed by atoms with van der Waals surface area (Å²) >= 11 is 0. The summed E-state index contributed by atoms with van der Waals surface area (Å²) in [7, 11) is -4.20. The quantitative estimate of drug-likeness (QED) is 0.312. The molecule has 0 fully saturated rings. The summed E-state index contributed by atoms with van der Waals surface area (Å²) in [5, 5.41) is 5.18. The highest BCUT2D eigenvalue weighted by Gasteiger charge is 2.20. The van der Waals surface area contributed by atoms with Gasteiger partial charge in [0.1, 0.15) is 0 Å². The Morgan fingerprint density at radius 3 is 2.14 bits per heavy atom. The Bertz CT molecular complexity index is 1110. The molecule has 0 bridgehead atoms. The van der Waals surface area contributed by atoms with Gasteiger partial charge >= 0.3 is 6.09 Å². The summed E-state index contributed by atoms with van der Waals surface area (Å²) in [6, 6.07) is 7.67. The lowest BCUT2D eigenvalue weighted by molar-refractivity contribution is 0.0941. The number of nitrogens with zero attached hydrogens (tertiary/aromatic N) is 1. The molecule has 0 aliphatic heterocycles. The maximum atomic E-state index is 12.6. The third-order valence-corrected chi connectivity index (χ3v) is 5.87. The van der Waals surface area contributed by atoms with Gasteiger partial charge in [-0.05, 0) is 50.6 Å². The summed E-state index contributed by atoms with van der Waals surface area (Å²) < 4.78 is 42.3. The molecule has 0 atom stereocenters. The molecule has 1 aromatic heterocycles. The van der Waals surface area contributed by atoms with E-state index in [1.54, 1.807) is 0 Å². The number of carbonyl (C=O) groups is 3. The molecule has 0 saturated heterocycles. The number of amides is 3. The van der Waals surface area contributed by atoms with Crippen LogP contribution in [0, 0.1) is 0 Å². The predicted octanol–water partition coefficient (Wildman–Crippen LogP) is 1.48. The van der Waals surface area contributed by atoms with Crippen molar-refractivity contribution in [1.82, 2.24) is 20.3 Å². The van der Waals surface area contributed by atoms with Gasteiger partial charge in [0.25, 0.3) is 21.8 Å². The van der Waals surface area contributed by atoms with Gasteiger partial charge in [0.2, 0.25) is 5.88 Å². The fourth-order valence-electron chi connectivity index (χ4n) is 2.72. The zero-order valence-electron chi connectivity index (χ0n) is 20.1. The summed E-state index contributed by atoms with van der Waals surface area (Å²) in [6.45, 7) is 6.38. The number of pyridine rings is 1. The molecule has 13 heteroatoms. The topological polar surface area (TPSA) is 162 Å². The number of rotatable bonds is 14. The first kappa shape index (κ1) is 28.7. The van der Waals surface area contributed by atoms with Crippen LogP contribution in [0.1, 0.15) is 41.0 Å². The second-order valence-electron chi connectivity index (χ2n) is 7.16. The molecule has 0 unspecified atom stereocenters. The van der Waals surface area contributed by atoms with E-state index in [0.717, 1.165) is 6.20 Å². The zero-order valence-corrected chi connectivity index (χ0v) is 20.9. The minimum Gasteiger partial charge on any atom is -0.391 e. The van der Waals surface area contributed by atoms with E-state index in [2.05, 4.69) is 15.6 Å². The monoisotopic (exact) mass is 522 g/mol. The van der Waals surface area contributed by atoms with Crippen molar-refractivity contribution in [2.24, 2.45) is 0 Å². The first-order valence-electron chi connectivity index (χ1n) is 11.3. The lowest BCUT2D eigenvalue weighted by atomic mass is 10.2. The number of hydrogen-bond donors (Lipinski definition) is 3. The Morgan fingerprint density at radius 2 is 1.50 bits per heavy atom. The van der Waals surface area contributed by atoms with Crippen LogP contribution in [-0.2, 0) is 19.5 Å². The van der Waals surface area contributed by atoms with Crippen LogP contribution in [0.3, 0.4) is 0 Å². The van der Waals surface area contributed by atoms with Crippen LogP contribution in [0.15, 0.2) is 47.5 Å². The Morgan fingerprint density at radius 1 is 0.833 bits per heavy atom. The summed E-state index contributed by atoms with van der Waals surface area (Å²) in [6.07, 6.45) is 0.985. The van der Waals surface area contributed by atoms with E-state index in [1.807, 2.05) is 18.6 Å². The van der Waals surface area contributed by atoms with Gasteiger partial charge in [-0.15, -0.1) is 0 Å². The largest absolute Gasteiger partial charge is 0.414 e. The van der Waals surface area contributed by atoms with Crippen molar-refractivity contribution in [2.75, 3.05) is 39.5 Å². The van der Waals surface area contributed by atoms with Crippen molar-refractivity contribution in [2.45, 2.75) is 25.2 Å². The molecule has 12 nitrogen and oxygen atoms in total. The van der Waals surface area contributed by atoms with Gasteiger partial charge in [0, 0.05) is 50.7 Å². The molecule has 0 aliphatic carbocycles. The van der Waals surface area contributed by atoms with E-state index >= 15 is 0 Å². The molecule has 36 heavy (non-hydrogen) atoms. The number of aromatic nitrogens is 1. The molecule has 0 aliphatic rings. The van der Waals surface area contributed by atoms with Crippen LogP contribution in [0.5, 0.6) is 5.88 Å². The molecule has 1 heterocycles. The minimum atomic E-state index is -4.20. The van der Waals surface area contributed by atoms with Gasteiger partial charge in [-0.25, -0.2) is 22.9 Å². The van der Waals surface area contributed by atoms with E-state index in [0.29, 0.717) is 39.4 Å². The number of hydrogen-bond acceptors (Lipinski definition) is 9. The van der Waals surface area contributed by atoms with Gasteiger partial charge in [-0.3, -0.25) is 9.59 Å². The number of nitrogens with one attached hydrogen (secondary N) is 3. The lowest BCUT2D eigenvalue weighted by Crippen LogP contribution is -2.31. The maximum Gasteiger partial charge on any atom is 0.414 e. The smallest absolute Gasteiger partial charge is 0.391 e. The van der Waals surface area contributed by atoms with Crippen molar-refractivity contribution in [3.8, 4) is 5.88 Å². The number of benzene rings is 1. The highest BCUT2D eigenvalue weighted by Crippen LogP contribution is 2.13. The number of carbonyl (C=O) groups excluding carboxylic acids is 3. The fourth-order valence-corrected chi connectivity index (χ4v) is 3.70. The van der Waals surface area contributed by atoms with Crippen molar-refractivity contribution >= 4 is 27.9 Å². The van der Waals surface area contributed by atoms with Crippen molar-refractivity contribution in [3.05, 3.63) is 53.7 Å². The number of sulfonamides is 1. The molecular weight excluding hydrogens is 492 g/mol. The molecule has 3 amide bonds. The van der Waals surface area contributed by atoms with Gasteiger partial charge in [0.05, 0.1) is 17.1 Å². The Hall–Kier alpha value is -3.55. The van der Waals surface area contributed by atoms with E-state index in [4.69, 9.17) is 14.2 Å². The molecule has 2 aromatic rings.